The predicted molar refractivity (Wildman–Crippen MR) is 91.0 cm³/mol. The van der Waals surface area contributed by atoms with Crippen LogP contribution < -0.4 is 15.0 Å². The van der Waals surface area contributed by atoms with Crippen molar-refractivity contribution < 1.29 is 14.4 Å². The fourth-order valence-electron chi connectivity index (χ4n) is 2.13. The second kappa shape index (κ2) is 8.17. The van der Waals surface area contributed by atoms with Gasteiger partial charge in [-0.2, -0.15) is 0 Å². The third-order valence-corrected chi connectivity index (χ3v) is 4.26. The molecule has 2 N–H and O–H groups in total. The van der Waals surface area contributed by atoms with E-state index in [1.807, 2.05) is 50.4 Å². The van der Waals surface area contributed by atoms with Crippen LogP contribution in [-0.2, 0) is 11.3 Å². The maximum Gasteiger partial charge on any atom is 0.279 e. The summed E-state index contributed by atoms with van der Waals surface area (Å²) >= 11 is 7.47. The Morgan fingerprint density at radius 3 is 2.77 bits per heavy atom. The van der Waals surface area contributed by atoms with Crippen LogP contribution in [0.3, 0.4) is 0 Å². The van der Waals surface area contributed by atoms with Crippen molar-refractivity contribution in [3.05, 3.63) is 45.6 Å². The lowest BCUT2D eigenvalue weighted by Crippen LogP contribution is -3.08. The molecule has 0 aliphatic rings. The van der Waals surface area contributed by atoms with Crippen LogP contribution in [0.2, 0.25) is 4.34 Å². The van der Waals surface area contributed by atoms with Crippen LogP contribution in [-0.4, -0.2) is 26.1 Å². The number of benzene rings is 1. The monoisotopic (exact) mass is 339 g/mol. The Morgan fingerprint density at radius 2 is 2.09 bits per heavy atom. The quantitative estimate of drug-likeness (QED) is 0.813. The molecule has 118 valence electrons. The van der Waals surface area contributed by atoms with Gasteiger partial charge in [0.15, 0.2) is 6.54 Å². The highest BCUT2D eigenvalue weighted by Gasteiger charge is 2.13. The molecule has 1 heterocycles. The van der Waals surface area contributed by atoms with Gasteiger partial charge in [0.25, 0.3) is 5.91 Å². The maximum atomic E-state index is 12.2. The number of carbonyl (C=O) groups is 1. The summed E-state index contributed by atoms with van der Waals surface area (Å²) in [6.07, 6.45) is 0. The Balaban J connectivity index is 1.89. The highest BCUT2D eigenvalue weighted by Crippen LogP contribution is 2.23. The van der Waals surface area contributed by atoms with Crippen LogP contribution in [0, 0.1) is 0 Å². The van der Waals surface area contributed by atoms with E-state index >= 15 is 0 Å². The summed E-state index contributed by atoms with van der Waals surface area (Å²) in [6.45, 7) is 3.65. The second-order valence-corrected chi connectivity index (χ2v) is 6.79. The zero-order valence-electron chi connectivity index (χ0n) is 12.7. The summed E-state index contributed by atoms with van der Waals surface area (Å²) in [6, 6.07) is 11.3. The van der Waals surface area contributed by atoms with E-state index in [1.165, 1.54) is 4.88 Å². The molecular formula is C16H20ClN2O2S+. The van der Waals surface area contributed by atoms with Crippen molar-refractivity contribution >= 4 is 34.5 Å². The largest absolute Gasteiger partial charge is 0.492 e. The van der Waals surface area contributed by atoms with Gasteiger partial charge < -0.3 is 15.0 Å². The minimum Gasteiger partial charge on any atom is -0.492 e. The lowest BCUT2D eigenvalue weighted by atomic mass is 10.3. The van der Waals surface area contributed by atoms with Crippen molar-refractivity contribution in [3.63, 3.8) is 0 Å². The Hall–Kier alpha value is -1.56. The van der Waals surface area contributed by atoms with Gasteiger partial charge >= 0.3 is 0 Å². The highest BCUT2D eigenvalue weighted by atomic mass is 35.5. The Morgan fingerprint density at radius 1 is 1.32 bits per heavy atom. The van der Waals surface area contributed by atoms with Gasteiger partial charge in [-0.05, 0) is 31.2 Å². The molecule has 6 heteroatoms. The molecule has 0 radical (unpaired) electrons. The normalized spacial score (nSPS) is 12.0. The van der Waals surface area contributed by atoms with Crippen molar-refractivity contribution in [2.45, 2.75) is 13.5 Å². The summed E-state index contributed by atoms with van der Waals surface area (Å²) in [7, 11) is 1.99. The summed E-state index contributed by atoms with van der Waals surface area (Å²) < 4.78 is 6.28. The van der Waals surface area contributed by atoms with Crippen LogP contribution in [0.5, 0.6) is 5.75 Å². The molecule has 0 saturated carbocycles. The van der Waals surface area contributed by atoms with Crippen molar-refractivity contribution in [1.29, 1.82) is 0 Å². The number of para-hydroxylation sites is 2. The molecule has 0 aliphatic carbocycles. The molecule has 2 rings (SSSR count). The zero-order chi connectivity index (χ0) is 15.9. The number of hydrogen-bond donors (Lipinski definition) is 2. The smallest absolute Gasteiger partial charge is 0.279 e. The number of hydrogen-bond acceptors (Lipinski definition) is 3. The molecule has 2 aromatic rings. The number of likely N-dealkylation sites (N-methyl/N-ethyl adjacent to an activating group) is 1. The summed E-state index contributed by atoms with van der Waals surface area (Å²) in [4.78, 5) is 14.4. The van der Waals surface area contributed by atoms with Crippen molar-refractivity contribution in [1.82, 2.24) is 0 Å². The van der Waals surface area contributed by atoms with E-state index in [9.17, 15) is 4.79 Å². The average Bonchev–Trinajstić information content (AvgIpc) is 2.86. The summed E-state index contributed by atoms with van der Waals surface area (Å²) in [5, 5.41) is 2.91. The first-order valence-corrected chi connectivity index (χ1v) is 8.35. The van der Waals surface area contributed by atoms with E-state index in [1.54, 1.807) is 11.3 Å². The minimum absolute atomic E-state index is 0.0349. The molecular weight excluding hydrogens is 320 g/mol. The molecule has 1 aromatic carbocycles. The number of carbonyl (C=O) groups excluding carboxylic acids is 1. The molecule has 0 bridgehead atoms. The number of quaternary nitrogens is 1. The van der Waals surface area contributed by atoms with Crippen LogP contribution in [0.4, 0.5) is 5.69 Å². The molecule has 1 atom stereocenters. The molecule has 1 unspecified atom stereocenters. The SMILES string of the molecule is CCOc1ccccc1NC(=O)C[NH+](C)Cc1ccc(Cl)s1. The fraction of sp³-hybridized carbons (Fsp3) is 0.312. The number of nitrogens with one attached hydrogen (secondary N) is 2. The number of halogens is 1. The molecule has 0 aliphatic heterocycles. The Bertz CT molecular complexity index is 630. The van der Waals surface area contributed by atoms with E-state index in [2.05, 4.69) is 5.32 Å². The van der Waals surface area contributed by atoms with Crippen LogP contribution in [0.1, 0.15) is 11.8 Å². The Labute approximate surface area is 139 Å². The van der Waals surface area contributed by atoms with E-state index in [0.29, 0.717) is 24.6 Å². The van der Waals surface area contributed by atoms with Gasteiger partial charge in [-0.1, -0.05) is 23.7 Å². The average molecular weight is 340 g/mol. The fourth-order valence-corrected chi connectivity index (χ4v) is 3.33. The standard InChI is InChI=1S/C16H19ClN2O2S/c1-3-21-14-7-5-4-6-13(14)18-16(20)11-19(2)10-12-8-9-15(17)22-12/h4-9H,3,10-11H2,1-2H3,(H,18,20)/p+1. The Kier molecular flexibility index (Phi) is 6.24. The zero-order valence-corrected chi connectivity index (χ0v) is 14.3. The van der Waals surface area contributed by atoms with E-state index < -0.39 is 0 Å². The third-order valence-electron chi connectivity index (χ3n) is 3.03. The number of anilines is 1. The summed E-state index contributed by atoms with van der Waals surface area (Å²) in [5.41, 5.74) is 0.710. The summed E-state index contributed by atoms with van der Waals surface area (Å²) in [5.74, 6) is 0.661. The van der Waals surface area contributed by atoms with Gasteiger partial charge in [-0.25, -0.2) is 0 Å². The van der Waals surface area contributed by atoms with Gasteiger partial charge in [0.05, 0.1) is 28.6 Å². The molecule has 0 spiro atoms. The first kappa shape index (κ1) is 16.8. The lowest BCUT2D eigenvalue weighted by Gasteiger charge is -2.14. The van der Waals surface area contributed by atoms with Gasteiger partial charge in [-0.15, -0.1) is 11.3 Å². The van der Waals surface area contributed by atoms with Gasteiger partial charge in [0, 0.05) is 0 Å². The van der Waals surface area contributed by atoms with E-state index in [0.717, 1.165) is 15.8 Å². The first-order chi connectivity index (χ1) is 10.6. The second-order valence-electron chi connectivity index (χ2n) is 4.99. The van der Waals surface area contributed by atoms with E-state index in [-0.39, 0.29) is 5.91 Å². The van der Waals surface area contributed by atoms with Crippen LogP contribution in [0.25, 0.3) is 0 Å². The lowest BCUT2D eigenvalue weighted by molar-refractivity contribution is -0.884. The maximum absolute atomic E-state index is 12.2. The molecule has 22 heavy (non-hydrogen) atoms. The molecule has 1 aromatic heterocycles. The molecule has 4 nitrogen and oxygen atoms in total. The van der Waals surface area contributed by atoms with Crippen molar-refractivity contribution in [2.24, 2.45) is 0 Å². The first-order valence-electron chi connectivity index (χ1n) is 7.15. The molecule has 0 saturated heterocycles. The van der Waals surface area contributed by atoms with Crippen LogP contribution in [0.15, 0.2) is 36.4 Å². The molecule has 1 amide bonds. The number of ether oxygens (including phenoxy) is 1. The number of rotatable bonds is 7. The highest BCUT2D eigenvalue weighted by molar-refractivity contribution is 7.16. The van der Waals surface area contributed by atoms with Gasteiger partial charge in [0.2, 0.25) is 0 Å². The minimum atomic E-state index is -0.0349. The van der Waals surface area contributed by atoms with Crippen molar-refractivity contribution in [2.75, 3.05) is 25.5 Å². The number of amides is 1. The van der Waals surface area contributed by atoms with Crippen LogP contribution >= 0.6 is 22.9 Å². The number of thiophene rings is 1. The van der Waals surface area contributed by atoms with E-state index in [4.69, 9.17) is 16.3 Å². The topological polar surface area (TPSA) is 42.8 Å². The molecule has 0 fully saturated rings. The van der Waals surface area contributed by atoms with Gasteiger partial charge in [0.1, 0.15) is 12.3 Å². The van der Waals surface area contributed by atoms with Crippen molar-refractivity contribution in [3.8, 4) is 5.75 Å². The predicted octanol–water partition coefficient (Wildman–Crippen LogP) is 2.45. The van der Waals surface area contributed by atoms with Gasteiger partial charge in [-0.3, -0.25) is 4.79 Å². The third kappa shape index (κ3) is 5.02.